The molecule has 0 unspecified atom stereocenters. The summed E-state index contributed by atoms with van der Waals surface area (Å²) < 4.78 is 1.82. The third-order valence-corrected chi connectivity index (χ3v) is 6.73. The highest BCUT2D eigenvalue weighted by Crippen LogP contribution is 2.34. The van der Waals surface area contributed by atoms with Gasteiger partial charge < -0.3 is 4.90 Å². The summed E-state index contributed by atoms with van der Waals surface area (Å²) in [6.07, 6.45) is 6.28. The quantitative estimate of drug-likeness (QED) is 0.827. The fraction of sp³-hybridized carbons (Fsp3) is 0.632. The summed E-state index contributed by atoms with van der Waals surface area (Å²) >= 11 is 1.35. The molecule has 1 fully saturated rings. The lowest BCUT2D eigenvalue weighted by molar-refractivity contribution is 0.0777. The number of amides is 1. The molecular formula is C19H27N3O2S. The summed E-state index contributed by atoms with van der Waals surface area (Å²) in [5.74, 6) is 0.490. The standard InChI is InChI=1S/C19H27N3O2S/c1-5-21(6-2)19(24)16-13(4)15-17(25-16)20-11-22(18(15)23)14-10-8-7-9-12(14)3/h11-12,14H,5-10H2,1-4H3/t12-,14-/m0/s1. The van der Waals surface area contributed by atoms with E-state index in [0.717, 1.165) is 24.8 Å². The molecule has 3 rings (SSSR count). The van der Waals surface area contributed by atoms with Crippen molar-refractivity contribution in [1.82, 2.24) is 14.5 Å². The minimum atomic E-state index is 0.00230. The van der Waals surface area contributed by atoms with E-state index in [2.05, 4.69) is 11.9 Å². The smallest absolute Gasteiger partial charge is 0.264 e. The van der Waals surface area contributed by atoms with Gasteiger partial charge in [0.2, 0.25) is 0 Å². The number of thiophene rings is 1. The van der Waals surface area contributed by atoms with Crippen LogP contribution in [0.25, 0.3) is 10.2 Å². The summed E-state index contributed by atoms with van der Waals surface area (Å²) in [7, 11) is 0. The van der Waals surface area contributed by atoms with Crippen molar-refractivity contribution >= 4 is 27.5 Å². The maximum atomic E-state index is 13.1. The maximum Gasteiger partial charge on any atom is 0.264 e. The van der Waals surface area contributed by atoms with Crippen molar-refractivity contribution < 1.29 is 4.79 Å². The third kappa shape index (κ3) is 3.12. The number of hydrogen-bond donors (Lipinski definition) is 0. The minimum absolute atomic E-state index is 0.00230. The Morgan fingerprint density at radius 2 is 2.00 bits per heavy atom. The van der Waals surface area contributed by atoms with Gasteiger partial charge in [-0.1, -0.05) is 19.8 Å². The van der Waals surface area contributed by atoms with Crippen LogP contribution in [0.1, 0.15) is 67.7 Å². The average Bonchev–Trinajstić information content (AvgIpc) is 2.95. The van der Waals surface area contributed by atoms with Crippen LogP contribution in [-0.4, -0.2) is 33.4 Å². The van der Waals surface area contributed by atoms with Gasteiger partial charge in [-0.3, -0.25) is 14.2 Å². The van der Waals surface area contributed by atoms with Crippen molar-refractivity contribution in [1.29, 1.82) is 0 Å². The first-order valence-corrected chi connectivity index (χ1v) is 10.1. The Labute approximate surface area is 152 Å². The second-order valence-corrected chi connectivity index (χ2v) is 8.00. The molecule has 1 amide bonds. The molecule has 0 saturated heterocycles. The van der Waals surface area contributed by atoms with Gasteiger partial charge in [-0.15, -0.1) is 11.3 Å². The first-order valence-electron chi connectivity index (χ1n) is 9.29. The van der Waals surface area contributed by atoms with E-state index in [1.807, 2.05) is 25.3 Å². The molecule has 2 atom stereocenters. The summed E-state index contributed by atoms with van der Waals surface area (Å²) in [6, 6.07) is 0.222. The molecule has 0 spiro atoms. The van der Waals surface area contributed by atoms with E-state index < -0.39 is 0 Å². The molecule has 6 heteroatoms. The van der Waals surface area contributed by atoms with Crippen molar-refractivity contribution in [3.05, 3.63) is 27.1 Å². The molecule has 2 heterocycles. The van der Waals surface area contributed by atoms with Gasteiger partial charge in [0.15, 0.2) is 0 Å². The van der Waals surface area contributed by atoms with E-state index in [1.54, 1.807) is 11.2 Å². The number of aromatic nitrogens is 2. The molecule has 5 nitrogen and oxygen atoms in total. The summed E-state index contributed by atoms with van der Waals surface area (Å²) in [4.78, 5) is 33.5. The fourth-order valence-corrected chi connectivity index (χ4v) is 5.05. The molecule has 0 bridgehead atoms. The number of nitrogens with zero attached hydrogens (tertiary/aromatic N) is 3. The van der Waals surface area contributed by atoms with Crippen LogP contribution in [-0.2, 0) is 0 Å². The third-order valence-electron chi connectivity index (χ3n) is 5.54. The average molecular weight is 362 g/mol. The fourth-order valence-electron chi connectivity index (χ4n) is 3.94. The SMILES string of the molecule is CCN(CC)C(=O)c1sc2ncn([C@H]3CCCC[C@@H]3C)c(=O)c2c1C. The van der Waals surface area contributed by atoms with E-state index in [0.29, 0.717) is 34.1 Å². The van der Waals surface area contributed by atoms with Crippen LogP contribution >= 0.6 is 11.3 Å². The Morgan fingerprint density at radius 3 is 2.64 bits per heavy atom. The van der Waals surface area contributed by atoms with Crippen LogP contribution in [0, 0.1) is 12.8 Å². The van der Waals surface area contributed by atoms with Gasteiger partial charge in [-0.25, -0.2) is 4.98 Å². The normalized spacial score (nSPS) is 20.8. The maximum absolute atomic E-state index is 13.1. The number of fused-ring (bicyclic) bond motifs is 1. The van der Waals surface area contributed by atoms with Gasteiger partial charge in [-0.05, 0) is 45.1 Å². The zero-order valence-electron chi connectivity index (χ0n) is 15.5. The lowest BCUT2D eigenvalue weighted by Crippen LogP contribution is -2.31. The molecule has 0 aliphatic heterocycles. The topological polar surface area (TPSA) is 55.2 Å². The van der Waals surface area contributed by atoms with Gasteiger partial charge >= 0.3 is 0 Å². The molecule has 0 aromatic carbocycles. The van der Waals surface area contributed by atoms with E-state index in [-0.39, 0.29) is 17.5 Å². The Balaban J connectivity index is 2.09. The monoisotopic (exact) mass is 361 g/mol. The zero-order valence-corrected chi connectivity index (χ0v) is 16.4. The highest BCUT2D eigenvalue weighted by Gasteiger charge is 2.27. The number of carbonyl (C=O) groups is 1. The van der Waals surface area contributed by atoms with Crippen molar-refractivity contribution in [2.24, 2.45) is 5.92 Å². The molecule has 136 valence electrons. The van der Waals surface area contributed by atoms with Crippen molar-refractivity contribution in [3.8, 4) is 0 Å². The highest BCUT2D eigenvalue weighted by molar-refractivity contribution is 7.20. The first kappa shape index (κ1) is 18.1. The second kappa shape index (κ2) is 7.28. The van der Waals surface area contributed by atoms with Crippen molar-refractivity contribution in [2.75, 3.05) is 13.1 Å². The molecule has 2 aromatic heterocycles. The van der Waals surface area contributed by atoms with E-state index in [4.69, 9.17) is 0 Å². The van der Waals surface area contributed by atoms with Gasteiger partial charge in [0.25, 0.3) is 11.5 Å². The van der Waals surface area contributed by atoms with Crippen molar-refractivity contribution in [3.63, 3.8) is 0 Å². The molecule has 0 N–H and O–H groups in total. The number of hydrogen-bond acceptors (Lipinski definition) is 4. The van der Waals surface area contributed by atoms with Gasteiger partial charge in [0.05, 0.1) is 16.6 Å². The number of aryl methyl sites for hydroxylation is 1. The Hall–Kier alpha value is -1.69. The van der Waals surface area contributed by atoms with Gasteiger partial charge in [0, 0.05) is 19.1 Å². The minimum Gasteiger partial charge on any atom is -0.338 e. The van der Waals surface area contributed by atoms with Crippen LogP contribution in [0.15, 0.2) is 11.1 Å². The largest absolute Gasteiger partial charge is 0.338 e. The first-order chi connectivity index (χ1) is 12.0. The van der Waals surface area contributed by atoms with Crippen LogP contribution in [0.2, 0.25) is 0 Å². The van der Waals surface area contributed by atoms with Crippen LogP contribution < -0.4 is 5.56 Å². The Kier molecular flexibility index (Phi) is 5.27. The van der Waals surface area contributed by atoms with E-state index in [9.17, 15) is 9.59 Å². The highest BCUT2D eigenvalue weighted by atomic mass is 32.1. The molecular weight excluding hydrogens is 334 g/mol. The van der Waals surface area contributed by atoms with E-state index >= 15 is 0 Å². The van der Waals surface area contributed by atoms with Gasteiger partial charge in [0.1, 0.15) is 4.83 Å². The molecule has 25 heavy (non-hydrogen) atoms. The molecule has 1 aliphatic rings. The predicted octanol–water partition coefficient (Wildman–Crippen LogP) is 4.00. The second-order valence-electron chi connectivity index (χ2n) is 7.00. The molecule has 2 aromatic rings. The lowest BCUT2D eigenvalue weighted by Gasteiger charge is -2.30. The molecule has 0 radical (unpaired) electrons. The summed E-state index contributed by atoms with van der Waals surface area (Å²) in [5.41, 5.74) is 0.795. The number of rotatable bonds is 4. The summed E-state index contributed by atoms with van der Waals surface area (Å²) in [6.45, 7) is 9.38. The molecule has 1 saturated carbocycles. The van der Waals surface area contributed by atoms with Crippen molar-refractivity contribution in [2.45, 2.75) is 59.4 Å². The van der Waals surface area contributed by atoms with Crippen LogP contribution in [0.4, 0.5) is 0 Å². The van der Waals surface area contributed by atoms with E-state index in [1.165, 1.54) is 17.8 Å². The van der Waals surface area contributed by atoms with Gasteiger partial charge in [-0.2, -0.15) is 0 Å². The lowest BCUT2D eigenvalue weighted by atomic mass is 9.86. The molecule has 1 aliphatic carbocycles. The Morgan fingerprint density at radius 1 is 1.32 bits per heavy atom. The summed E-state index contributed by atoms with van der Waals surface area (Å²) in [5, 5.41) is 0.626. The van der Waals surface area contributed by atoms with Crippen LogP contribution in [0.5, 0.6) is 0 Å². The predicted molar refractivity (Wildman–Crippen MR) is 103 cm³/mol. The zero-order chi connectivity index (χ0) is 18.1. The van der Waals surface area contributed by atoms with Crippen LogP contribution in [0.3, 0.4) is 0 Å². The number of carbonyl (C=O) groups excluding carboxylic acids is 1. The Bertz CT molecular complexity index is 835.